The van der Waals surface area contributed by atoms with Gasteiger partial charge in [-0.05, 0) is 36.4 Å². The Morgan fingerprint density at radius 1 is 1.10 bits per heavy atom. The Balaban J connectivity index is 0.00000161. The summed E-state index contributed by atoms with van der Waals surface area (Å²) in [5.41, 5.74) is 1.23. The van der Waals surface area contributed by atoms with Gasteiger partial charge in [-0.3, -0.25) is 4.98 Å². The number of hydrogen-bond acceptors (Lipinski definition) is 4. The SMILES string of the molecule is O=C([O-])c1cc(-c2ccccn2)nc2ccc(F)cc12.[K+]. The van der Waals surface area contributed by atoms with Gasteiger partial charge in [0.05, 0.1) is 22.9 Å². The zero-order chi connectivity index (χ0) is 14.1. The zero-order valence-electron chi connectivity index (χ0n) is 11.2. The number of rotatable bonds is 2. The number of aromatic nitrogens is 2. The number of carbonyl (C=O) groups is 1. The van der Waals surface area contributed by atoms with Crippen molar-refractivity contribution in [3.05, 3.63) is 60.0 Å². The van der Waals surface area contributed by atoms with Crippen molar-refractivity contribution in [3.8, 4) is 11.4 Å². The van der Waals surface area contributed by atoms with E-state index < -0.39 is 11.8 Å². The summed E-state index contributed by atoms with van der Waals surface area (Å²) in [7, 11) is 0. The fraction of sp³-hybridized carbons (Fsp3) is 0. The van der Waals surface area contributed by atoms with E-state index in [-0.39, 0.29) is 62.3 Å². The number of benzene rings is 1. The van der Waals surface area contributed by atoms with Gasteiger partial charge < -0.3 is 9.90 Å². The molecule has 3 aromatic rings. The summed E-state index contributed by atoms with van der Waals surface area (Å²) in [5, 5.41) is 11.4. The van der Waals surface area contributed by atoms with Crippen LogP contribution >= 0.6 is 0 Å². The molecule has 3 rings (SSSR count). The summed E-state index contributed by atoms with van der Waals surface area (Å²) in [4.78, 5) is 19.7. The molecule has 1 aromatic carbocycles. The first kappa shape index (κ1) is 16.2. The van der Waals surface area contributed by atoms with Crippen LogP contribution in [0.3, 0.4) is 0 Å². The third kappa shape index (κ3) is 3.36. The van der Waals surface area contributed by atoms with Crippen LogP contribution in [-0.4, -0.2) is 15.9 Å². The number of fused-ring (bicyclic) bond motifs is 1. The number of halogens is 1. The standard InChI is InChI=1S/C15H9FN2O2.K/c16-9-4-5-12-10(7-9)11(15(19)20)8-14(18-12)13-3-1-2-6-17-13;/h1-8H,(H,19,20);/q;+1/p-1. The van der Waals surface area contributed by atoms with Crippen LogP contribution in [0, 0.1) is 5.82 Å². The van der Waals surface area contributed by atoms with Crippen LogP contribution in [0.15, 0.2) is 48.7 Å². The predicted molar refractivity (Wildman–Crippen MR) is 69.3 cm³/mol. The molecule has 0 fully saturated rings. The van der Waals surface area contributed by atoms with Gasteiger partial charge in [-0.1, -0.05) is 6.07 Å². The van der Waals surface area contributed by atoms with E-state index in [0.29, 0.717) is 16.9 Å². The molecule has 0 amide bonds. The number of carbonyl (C=O) groups excluding carboxylic acids is 1. The first-order valence-corrected chi connectivity index (χ1v) is 5.88. The average Bonchev–Trinajstić information content (AvgIpc) is 2.47. The summed E-state index contributed by atoms with van der Waals surface area (Å²) >= 11 is 0. The summed E-state index contributed by atoms with van der Waals surface area (Å²) in [6.45, 7) is 0. The number of nitrogens with zero attached hydrogens (tertiary/aromatic N) is 2. The molecular weight excluding hydrogens is 298 g/mol. The molecule has 0 unspecified atom stereocenters. The van der Waals surface area contributed by atoms with Crippen molar-refractivity contribution >= 4 is 16.9 Å². The molecule has 0 saturated heterocycles. The second-order valence-corrected chi connectivity index (χ2v) is 4.22. The van der Waals surface area contributed by atoms with E-state index in [1.807, 2.05) is 0 Å². The summed E-state index contributed by atoms with van der Waals surface area (Å²) in [5.74, 6) is -1.90. The van der Waals surface area contributed by atoms with Gasteiger partial charge in [0.25, 0.3) is 0 Å². The van der Waals surface area contributed by atoms with Crippen molar-refractivity contribution in [2.75, 3.05) is 0 Å². The molecule has 21 heavy (non-hydrogen) atoms. The third-order valence-electron chi connectivity index (χ3n) is 2.92. The van der Waals surface area contributed by atoms with Crippen LogP contribution in [0.2, 0.25) is 0 Å². The summed E-state index contributed by atoms with van der Waals surface area (Å²) in [6, 6.07) is 10.4. The Kier molecular flexibility index (Phi) is 5.18. The molecule has 4 nitrogen and oxygen atoms in total. The van der Waals surface area contributed by atoms with Crippen LogP contribution in [0.4, 0.5) is 4.39 Å². The van der Waals surface area contributed by atoms with Crippen molar-refractivity contribution in [1.29, 1.82) is 0 Å². The van der Waals surface area contributed by atoms with Crippen LogP contribution in [0.5, 0.6) is 0 Å². The molecular formula is C15H8FKN2O2. The monoisotopic (exact) mass is 306 g/mol. The van der Waals surface area contributed by atoms with Crippen molar-refractivity contribution in [1.82, 2.24) is 9.97 Å². The van der Waals surface area contributed by atoms with Crippen LogP contribution < -0.4 is 56.5 Å². The maximum absolute atomic E-state index is 13.3. The molecule has 0 aliphatic carbocycles. The first-order valence-electron chi connectivity index (χ1n) is 5.88. The average molecular weight is 306 g/mol. The first-order chi connectivity index (χ1) is 9.65. The Bertz CT molecular complexity index is 809. The molecule has 0 aliphatic rings. The molecule has 6 heteroatoms. The van der Waals surface area contributed by atoms with Crippen molar-refractivity contribution in [2.45, 2.75) is 0 Å². The summed E-state index contributed by atoms with van der Waals surface area (Å²) in [6.07, 6.45) is 1.59. The Labute approximate surface area is 162 Å². The van der Waals surface area contributed by atoms with Gasteiger partial charge in [0.1, 0.15) is 5.82 Å². The van der Waals surface area contributed by atoms with Gasteiger partial charge in [-0.15, -0.1) is 0 Å². The Hall–Kier alpha value is -1.18. The predicted octanol–water partition coefficient (Wildman–Crippen LogP) is -1.20. The molecule has 2 aromatic heterocycles. The molecule has 98 valence electrons. The topological polar surface area (TPSA) is 65.9 Å². The molecule has 0 aliphatic heterocycles. The van der Waals surface area contributed by atoms with Gasteiger partial charge in [0, 0.05) is 17.1 Å². The fourth-order valence-corrected chi connectivity index (χ4v) is 2.01. The maximum Gasteiger partial charge on any atom is 1.00 e. The van der Waals surface area contributed by atoms with E-state index in [9.17, 15) is 14.3 Å². The second-order valence-electron chi connectivity index (χ2n) is 4.22. The largest absolute Gasteiger partial charge is 1.00 e. The third-order valence-corrected chi connectivity index (χ3v) is 2.92. The smallest absolute Gasteiger partial charge is 0.545 e. The quantitative estimate of drug-likeness (QED) is 0.558. The minimum Gasteiger partial charge on any atom is -0.545 e. The van der Waals surface area contributed by atoms with Crippen LogP contribution in [0.1, 0.15) is 10.4 Å². The van der Waals surface area contributed by atoms with E-state index in [4.69, 9.17) is 0 Å². The minimum absolute atomic E-state index is 0. The van der Waals surface area contributed by atoms with Crippen molar-refractivity contribution in [3.63, 3.8) is 0 Å². The Morgan fingerprint density at radius 3 is 2.57 bits per heavy atom. The number of carboxylic acid groups (broad SMARTS) is 1. The fourth-order valence-electron chi connectivity index (χ4n) is 2.01. The zero-order valence-corrected chi connectivity index (χ0v) is 14.3. The summed E-state index contributed by atoms with van der Waals surface area (Å²) < 4.78 is 13.3. The Morgan fingerprint density at radius 2 is 1.90 bits per heavy atom. The van der Waals surface area contributed by atoms with Crippen LogP contribution in [-0.2, 0) is 0 Å². The number of aromatic carboxylic acids is 1. The van der Waals surface area contributed by atoms with E-state index in [0.717, 1.165) is 6.07 Å². The normalized spacial score (nSPS) is 10.1. The van der Waals surface area contributed by atoms with Crippen LogP contribution in [0.25, 0.3) is 22.3 Å². The van der Waals surface area contributed by atoms with Gasteiger partial charge in [0.2, 0.25) is 0 Å². The molecule has 0 bridgehead atoms. The molecule has 0 N–H and O–H groups in total. The van der Waals surface area contributed by atoms with Gasteiger partial charge in [0.15, 0.2) is 0 Å². The van der Waals surface area contributed by atoms with E-state index >= 15 is 0 Å². The van der Waals surface area contributed by atoms with Crippen molar-refractivity contribution in [2.24, 2.45) is 0 Å². The maximum atomic E-state index is 13.3. The minimum atomic E-state index is -1.37. The van der Waals surface area contributed by atoms with Gasteiger partial charge in [-0.2, -0.15) is 0 Å². The van der Waals surface area contributed by atoms with E-state index in [2.05, 4.69) is 9.97 Å². The molecule has 0 saturated carbocycles. The van der Waals surface area contributed by atoms with E-state index in [1.165, 1.54) is 18.2 Å². The number of carboxylic acids is 1. The number of hydrogen-bond donors (Lipinski definition) is 0. The molecule has 0 spiro atoms. The van der Waals surface area contributed by atoms with Gasteiger partial charge >= 0.3 is 51.4 Å². The molecule has 0 radical (unpaired) electrons. The second kappa shape index (κ2) is 6.72. The van der Waals surface area contributed by atoms with E-state index in [1.54, 1.807) is 24.4 Å². The number of pyridine rings is 2. The van der Waals surface area contributed by atoms with Gasteiger partial charge in [-0.25, -0.2) is 9.37 Å². The molecule has 0 atom stereocenters. The molecule has 2 heterocycles. The van der Waals surface area contributed by atoms with Crippen molar-refractivity contribution < 1.29 is 65.7 Å².